The predicted octanol–water partition coefficient (Wildman–Crippen LogP) is 2.84. The van der Waals surface area contributed by atoms with Crippen LogP contribution in [0.5, 0.6) is 5.75 Å². The van der Waals surface area contributed by atoms with Crippen LogP contribution in [0.15, 0.2) is 48.8 Å². The van der Waals surface area contributed by atoms with Gasteiger partial charge < -0.3 is 10.1 Å². The van der Waals surface area contributed by atoms with Crippen LogP contribution in [0.3, 0.4) is 0 Å². The van der Waals surface area contributed by atoms with E-state index in [9.17, 15) is 9.59 Å². The lowest BCUT2D eigenvalue weighted by atomic mass is 10.0. The first-order chi connectivity index (χ1) is 14.0. The number of amides is 2. The molecule has 8 heteroatoms. The van der Waals surface area contributed by atoms with E-state index in [1.807, 2.05) is 50.2 Å². The van der Waals surface area contributed by atoms with E-state index in [4.69, 9.17) is 4.74 Å². The molecule has 0 fully saturated rings. The molecule has 3 aromatic rings. The average Bonchev–Trinajstić information content (AvgIpc) is 3.16. The van der Waals surface area contributed by atoms with Crippen molar-refractivity contribution in [3.63, 3.8) is 0 Å². The molecule has 1 aliphatic rings. The van der Waals surface area contributed by atoms with Crippen molar-refractivity contribution in [1.82, 2.24) is 14.8 Å². The molecular formula is C21H21N5O3. The van der Waals surface area contributed by atoms with Crippen molar-refractivity contribution in [2.75, 3.05) is 17.2 Å². The molecule has 0 radical (unpaired) electrons. The first-order valence-electron chi connectivity index (χ1n) is 9.29. The Bertz CT molecular complexity index is 1080. The molecule has 1 aromatic heterocycles. The number of hydrogen-bond acceptors (Lipinski definition) is 5. The van der Waals surface area contributed by atoms with Gasteiger partial charge in [0.2, 0.25) is 11.9 Å². The molecule has 2 amide bonds. The summed E-state index contributed by atoms with van der Waals surface area (Å²) in [6.45, 7) is 3.84. The molecule has 0 unspecified atom stereocenters. The lowest BCUT2D eigenvalue weighted by Crippen LogP contribution is -2.29. The minimum absolute atomic E-state index is 0.115. The summed E-state index contributed by atoms with van der Waals surface area (Å²) in [6, 6.07) is 12.9. The van der Waals surface area contributed by atoms with Crippen molar-refractivity contribution in [3.8, 4) is 5.75 Å². The fourth-order valence-corrected chi connectivity index (χ4v) is 3.37. The minimum atomic E-state index is -0.270. The minimum Gasteiger partial charge on any atom is -0.484 e. The second kappa shape index (κ2) is 7.75. The highest BCUT2D eigenvalue weighted by Crippen LogP contribution is 2.30. The number of nitrogens with one attached hydrogen (secondary N) is 2. The van der Waals surface area contributed by atoms with Gasteiger partial charge in [0.05, 0.1) is 12.5 Å². The van der Waals surface area contributed by atoms with E-state index < -0.39 is 0 Å². The van der Waals surface area contributed by atoms with Gasteiger partial charge in [-0.3, -0.25) is 14.9 Å². The van der Waals surface area contributed by atoms with Crippen LogP contribution in [0.4, 0.5) is 11.6 Å². The molecule has 29 heavy (non-hydrogen) atoms. The van der Waals surface area contributed by atoms with Gasteiger partial charge in [0.1, 0.15) is 12.1 Å². The molecule has 2 aromatic carbocycles. The molecule has 0 saturated heterocycles. The molecule has 2 N–H and O–H groups in total. The molecule has 0 saturated carbocycles. The Morgan fingerprint density at radius 2 is 2.14 bits per heavy atom. The monoisotopic (exact) mass is 391 g/mol. The average molecular weight is 391 g/mol. The highest BCUT2D eigenvalue weighted by molar-refractivity contribution is 5.92. The first kappa shape index (κ1) is 18.7. The van der Waals surface area contributed by atoms with Gasteiger partial charge in [-0.15, -0.1) is 0 Å². The smallest absolute Gasteiger partial charge is 0.262 e. The number of benzene rings is 2. The highest BCUT2D eigenvalue weighted by Gasteiger charge is 2.27. The van der Waals surface area contributed by atoms with Crippen LogP contribution < -0.4 is 15.4 Å². The number of ether oxygens (including phenoxy) is 1. The van der Waals surface area contributed by atoms with Gasteiger partial charge in [0, 0.05) is 5.69 Å². The van der Waals surface area contributed by atoms with Gasteiger partial charge in [-0.2, -0.15) is 10.1 Å². The van der Waals surface area contributed by atoms with Crippen LogP contribution in [0.1, 0.15) is 29.2 Å². The molecule has 0 aliphatic carbocycles. The summed E-state index contributed by atoms with van der Waals surface area (Å²) in [6.07, 6.45) is 1.67. The maximum absolute atomic E-state index is 12.3. The Hall–Kier alpha value is -3.68. The van der Waals surface area contributed by atoms with Crippen molar-refractivity contribution >= 4 is 23.5 Å². The maximum Gasteiger partial charge on any atom is 0.262 e. The standard InChI is InChI=1S/C21H21N5O3/c1-13-6-7-17(14(2)8-13)24-20(28)11-29-16-5-3-4-15(9-16)18-10-19(27)25-21-22-12-23-26(18)21/h3-9,12,18H,10-11H2,1-2H3,(H,24,28)(H,22,23,25,27)/t18-/m0/s1. The predicted molar refractivity (Wildman–Crippen MR) is 108 cm³/mol. The van der Waals surface area contributed by atoms with Crippen LogP contribution >= 0.6 is 0 Å². The Kier molecular flexibility index (Phi) is 4.99. The third kappa shape index (κ3) is 4.11. The van der Waals surface area contributed by atoms with Crippen molar-refractivity contribution in [2.45, 2.75) is 26.3 Å². The van der Waals surface area contributed by atoms with Crippen LogP contribution in [0.25, 0.3) is 0 Å². The van der Waals surface area contributed by atoms with E-state index in [1.54, 1.807) is 10.7 Å². The number of carbonyl (C=O) groups excluding carboxylic acids is 2. The molecule has 0 spiro atoms. The van der Waals surface area contributed by atoms with Crippen LogP contribution in [0.2, 0.25) is 0 Å². The molecule has 2 heterocycles. The SMILES string of the molecule is Cc1ccc(NC(=O)COc2cccc([C@@H]3CC(=O)Nc4ncnn43)c2)c(C)c1. The Morgan fingerprint density at radius 3 is 2.97 bits per heavy atom. The van der Waals surface area contributed by atoms with Gasteiger partial charge in [0.25, 0.3) is 5.91 Å². The lowest BCUT2D eigenvalue weighted by Gasteiger charge is -2.24. The van der Waals surface area contributed by atoms with E-state index in [0.29, 0.717) is 11.7 Å². The van der Waals surface area contributed by atoms with E-state index in [-0.39, 0.29) is 30.9 Å². The topological polar surface area (TPSA) is 98.1 Å². The zero-order chi connectivity index (χ0) is 20.4. The van der Waals surface area contributed by atoms with Crippen LogP contribution in [0, 0.1) is 13.8 Å². The van der Waals surface area contributed by atoms with Crippen molar-refractivity contribution in [3.05, 3.63) is 65.5 Å². The van der Waals surface area contributed by atoms with E-state index in [2.05, 4.69) is 20.7 Å². The molecule has 1 aliphatic heterocycles. The van der Waals surface area contributed by atoms with Gasteiger partial charge in [-0.25, -0.2) is 4.68 Å². The molecule has 1 atom stereocenters. The first-order valence-corrected chi connectivity index (χ1v) is 9.29. The van der Waals surface area contributed by atoms with Crippen molar-refractivity contribution in [2.24, 2.45) is 0 Å². The normalized spacial score (nSPS) is 15.4. The second-order valence-electron chi connectivity index (χ2n) is 7.02. The zero-order valence-electron chi connectivity index (χ0n) is 16.2. The lowest BCUT2D eigenvalue weighted by molar-refractivity contribution is -0.118. The number of anilines is 2. The fourth-order valence-electron chi connectivity index (χ4n) is 3.37. The third-order valence-electron chi connectivity index (χ3n) is 4.77. The number of carbonyl (C=O) groups is 2. The summed E-state index contributed by atoms with van der Waals surface area (Å²) in [5, 5.41) is 9.75. The van der Waals surface area contributed by atoms with Crippen molar-refractivity contribution < 1.29 is 14.3 Å². The summed E-state index contributed by atoms with van der Waals surface area (Å²) in [4.78, 5) is 28.3. The van der Waals surface area contributed by atoms with Gasteiger partial charge in [-0.05, 0) is 43.2 Å². The summed E-state index contributed by atoms with van der Waals surface area (Å²) >= 11 is 0. The quantitative estimate of drug-likeness (QED) is 0.697. The van der Waals surface area contributed by atoms with Crippen LogP contribution in [-0.4, -0.2) is 33.2 Å². The molecule has 0 bridgehead atoms. The fraction of sp³-hybridized carbons (Fsp3) is 0.238. The highest BCUT2D eigenvalue weighted by atomic mass is 16.5. The van der Waals surface area contributed by atoms with Crippen LogP contribution in [-0.2, 0) is 9.59 Å². The summed E-state index contributed by atoms with van der Waals surface area (Å²) in [5.41, 5.74) is 3.77. The van der Waals surface area contributed by atoms with Crippen molar-refractivity contribution in [1.29, 1.82) is 0 Å². The van der Waals surface area contributed by atoms with Gasteiger partial charge in [0.15, 0.2) is 6.61 Å². The molecule has 8 nitrogen and oxygen atoms in total. The Labute approximate surface area is 167 Å². The number of aromatic nitrogens is 3. The Morgan fingerprint density at radius 1 is 1.28 bits per heavy atom. The number of nitrogens with zero attached hydrogens (tertiary/aromatic N) is 3. The molecule has 4 rings (SSSR count). The van der Waals surface area contributed by atoms with Gasteiger partial charge in [-0.1, -0.05) is 29.8 Å². The van der Waals surface area contributed by atoms with Gasteiger partial charge >= 0.3 is 0 Å². The Balaban J connectivity index is 1.43. The number of hydrogen-bond donors (Lipinski definition) is 2. The number of fused-ring (bicyclic) bond motifs is 1. The summed E-state index contributed by atoms with van der Waals surface area (Å²) in [5.74, 6) is 0.615. The van der Waals surface area contributed by atoms with E-state index >= 15 is 0 Å². The molecule has 148 valence electrons. The third-order valence-corrected chi connectivity index (χ3v) is 4.77. The van der Waals surface area contributed by atoms with E-state index in [0.717, 1.165) is 22.4 Å². The number of aryl methyl sites for hydroxylation is 2. The number of rotatable bonds is 5. The van der Waals surface area contributed by atoms with E-state index in [1.165, 1.54) is 6.33 Å². The molecular weight excluding hydrogens is 370 g/mol. The second-order valence-corrected chi connectivity index (χ2v) is 7.02. The summed E-state index contributed by atoms with van der Waals surface area (Å²) in [7, 11) is 0. The largest absolute Gasteiger partial charge is 0.484 e. The zero-order valence-corrected chi connectivity index (χ0v) is 16.2. The maximum atomic E-state index is 12.3. The summed E-state index contributed by atoms with van der Waals surface area (Å²) < 4.78 is 7.35.